The van der Waals surface area contributed by atoms with Crippen LogP contribution in [0.15, 0.2) is 18.5 Å². The van der Waals surface area contributed by atoms with Gasteiger partial charge in [-0.1, -0.05) is 27.5 Å². The first-order valence-electron chi connectivity index (χ1n) is 5.16. The molecule has 17 heavy (non-hydrogen) atoms. The molecule has 0 saturated heterocycles. The number of hydrogen-bond donors (Lipinski definition) is 1. The van der Waals surface area contributed by atoms with Gasteiger partial charge >= 0.3 is 0 Å². The minimum absolute atomic E-state index is 0.186. The predicted octanol–water partition coefficient (Wildman–Crippen LogP) is 2.26. The third-order valence-corrected chi connectivity index (χ3v) is 3.13. The maximum absolute atomic E-state index is 11.7. The van der Waals surface area contributed by atoms with Crippen molar-refractivity contribution in [3.8, 4) is 0 Å². The molecule has 1 heterocycles. The van der Waals surface area contributed by atoms with Gasteiger partial charge in [0.15, 0.2) is 0 Å². The molecule has 0 aromatic carbocycles. The van der Waals surface area contributed by atoms with Crippen LogP contribution in [-0.2, 0) is 4.74 Å². The summed E-state index contributed by atoms with van der Waals surface area (Å²) in [6.45, 7) is 1.18. The quantitative estimate of drug-likeness (QED) is 0.818. The topological polar surface area (TPSA) is 51.2 Å². The summed E-state index contributed by atoms with van der Waals surface area (Å²) >= 11 is 9.30. The van der Waals surface area contributed by atoms with Gasteiger partial charge in [-0.2, -0.15) is 0 Å². The zero-order chi connectivity index (χ0) is 12.7. The molecule has 0 saturated carbocycles. The number of ether oxygens (including phenoxy) is 1. The molecule has 4 nitrogen and oxygen atoms in total. The van der Waals surface area contributed by atoms with E-state index in [0.717, 1.165) is 6.42 Å². The molecule has 1 unspecified atom stereocenters. The van der Waals surface area contributed by atoms with E-state index in [1.165, 1.54) is 6.20 Å². The summed E-state index contributed by atoms with van der Waals surface area (Å²) in [6, 6.07) is 1.60. The molecule has 94 valence electrons. The molecule has 6 heteroatoms. The molecular weight excluding hydrogens is 307 g/mol. The van der Waals surface area contributed by atoms with Crippen LogP contribution in [0.25, 0.3) is 0 Å². The second-order valence-corrected chi connectivity index (χ2v) is 5.15. The van der Waals surface area contributed by atoms with Crippen molar-refractivity contribution in [1.82, 2.24) is 10.3 Å². The average Bonchev–Trinajstić information content (AvgIpc) is 2.29. The van der Waals surface area contributed by atoms with E-state index in [1.54, 1.807) is 19.4 Å². The molecule has 1 atom stereocenters. The first kappa shape index (κ1) is 14.4. The van der Waals surface area contributed by atoms with Crippen molar-refractivity contribution in [2.75, 3.05) is 20.3 Å². The fourth-order valence-corrected chi connectivity index (χ4v) is 1.96. The van der Waals surface area contributed by atoms with Crippen LogP contribution in [0.3, 0.4) is 0 Å². The number of alkyl halides is 1. The third kappa shape index (κ3) is 5.02. The minimum atomic E-state index is -0.186. The van der Waals surface area contributed by atoms with Crippen LogP contribution in [0.1, 0.15) is 16.8 Å². The molecular formula is C11H14BrClN2O2. The van der Waals surface area contributed by atoms with Gasteiger partial charge in [-0.25, -0.2) is 0 Å². The summed E-state index contributed by atoms with van der Waals surface area (Å²) in [5.74, 6) is -0.186. The molecule has 0 aliphatic rings. The van der Waals surface area contributed by atoms with Gasteiger partial charge in [-0.3, -0.25) is 9.78 Å². The molecule has 0 fully saturated rings. The molecule has 0 radical (unpaired) electrons. The first-order chi connectivity index (χ1) is 8.15. The van der Waals surface area contributed by atoms with E-state index in [0.29, 0.717) is 23.7 Å². The van der Waals surface area contributed by atoms with Crippen molar-refractivity contribution >= 4 is 33.4 Å². The number of nitrogens with one attached hydrogen (secondary N) is 1. The maximum Gasteiger partial charge on any atom is 0.252 e. The first-order valence-corrected chi connectivity index (χ1v) is 6.45. The van der Waals surface area contributed by atoms with Crippen molar-refractivity contribution in [3.05, 3.63) is 29.0 Å². The van der Waals surface area contributed by atoms with Crippen LogP contribution in [0.2, 0.25) is 5.02 Å². The number of hydrogen-bond acceptors (Lipinski definition) is 3. The van der Waals surface area contributed by atoms with Gasteiger partial charge < -0.3 is 10.1 Å². The molecule has 0 spiro atoms. The molecule has 1 aromatic heterocycles. The van der Waals surface area contributed by atoms with Gasteiger partial charge in [0.25, 0.3) is 5.91 Å². The average molecular weight is 322 g/mol. The summed E-state index contributed by atoms with van der Waals surface area (Å²) in [4.78, 5) is 15.8. The lowest BCUT2D eigenvalue weighted by atomic mass is 10.2. The van der Waals surface area contributed by atoms with Gasteiger partial charge in [-0.05, 0) is 12.5 Å². The van der Waals surface area contributed by atoms with E-state index < -0.39 is 0 Å². The van der Waals surface area contributed by atoms with Crippen molar-refractivity contribution in [1.29, 1.82) is 0 Å². The van der Waals surface area contributed by atoms with Crippen molar-refractivity contribution in [2.45, 2.75) is 11.2 Å². The third-order valence-electron chi connectivity index (χ3n) is 2.11. The van der Waals surface area contributed by atoms with Crippen LogP contribution in [0.4, 0.5) is 0 Å². The Hall–Kier alpha value is -0.650. The number of rotatable bonds is 6. The number of amides is 1. The van der Waals surface area contributed by atoms with Gasteiger partial charge in [0, 0.05) is 30.9 Å². The van der Waals surface area contributed by atoms with Crippen molar-refractivity contribution < 1.29 is 9.53 Å². The monoisotopic (exact) mass is 320 g/mol. The van der Waals surface area contributed by atoms with Crippen LogP contribution in [0.5, 0.6) is 0 Å². The number of pyridine rings is 1. The van der Waals surface area contributed by atoms with E-state index in [1.807, 2.05) is 0 Å². The summed E-state index contributed by atoms with van der Waals surface area (Å²) in [5.41, 5.74) is 0.444. The number of carbonyl (C=O) groups is 1. The predicted molar refractivity (Wildman–Crippen MR) is 70.8 cm³/mol. The van der Waals surface area contributed by atoms with E-state index in [2.05, 4.69) is 26.2 Å². The van der Waals surface area contributed by atoms with Crippen molar-refractivity contribution in [2.24, 2.45) is 0 Å². The van der Waals surface area contributed by atoms with Crippen LogP contribution in [0, 0.1) is 0 Å². The fraction of sp³-hybridized carbons (Fsp3) is 0.455. The van der Waals surface area contributed by atoms with Gasteiger partial charge in [0.2, 0.25) is 0 Å². The fourth-order valence-electron chi connectivity index (χ4n) is 1.26. The lowest BCUT2D eigenvalue weighted by molar-refractivity contribution is 0.0952. The van der Waals surface area contributed by atoms with Crippen LogP contribution >= 0.6 is 27.5 Å². The molecule has 0 aliphatic carbocycles. The number of aromatic nitrogens is 1. The highest BCUT2D eigenvalue weighted by Gasteiger charge is 2.10. The zero-order valence-corrected chi connectivity index (χ0v) is 11.8. The smallest absolute Gasteiger partial charge is 0.252 e. The highest BCUT2D eigenvalue weighted by Crippen LogP contribution is 2.13. The summed E-state index contributed by atoms with van der Waals surface area (Å²) in [6.07, 6.45) is 3.79. The molecule has 0 aliphatic heterocycles. The Labute approximate surface area is 114 Å². The Morgan fingerprint density at radius 3 is 3.12 bits per heavy atom. The standard InChI is InChI=1S/C11H14BrClN2O2/c1-17-7-8(12)2-5-15-11(16)9-3-4-14-6-10(9)13/h3-4,6,8H,2,5,7H2,1H3,(H,15,16). The Morgan fingerprint density at radius 2 is 2.47 bits per heavy atom. The van der Waals surface area contributed by atoms with Crippen LogP contribution < -0.4 is 5.32 Å². The zero-order valence-electron chi connectivity index (χ0n) is 9.45. The lowest BCUT2D eigenvalue weighted by Gasteiger charge is -2.09. The van der Waals surface area contributed by atoms with Gasteiger partial charge in [0.05, 0.1) is 17.2 Å². The normalized spacial score (nSPS) is 12.2. The summed E-state index contributed by atoms with van der Waals surface area (Å²) < 4.78 is 4.98. The van der Waals surface area contributed by atoms with Crippen LogP contribution in [-0.4, -0.2) is 36.0 Å². The number of nitrogens with zero attached hydrogens (tertiary/aromatic N) is 1. The second kappa shape index (κ2) is 7.63. The van der Waals surface area contributed by atoms with Crippen molar-refractivity contribution in [3.63, 3.8) is 0 Å². The number of methoxy groups -OCH3 is 1. The lowest BCUT2D eigenvalue weighted by Crippen LogP contribution is -2.27. The summed E-state index contributed by atoms with van der Waals surface area (Å²) in [5, 5.41) is 3.15. The second-order valence-electron chi connectivity index (χ2n) is 3.45. The maximum atomic E-state index is 11.7. The molecule has 0 bridgehead atoms. The molecule has 1 aromatic rings. The Balaban J connectivity index is 2.38. The largest absolute Gasteiger partial charge is 0.384 e. The van der Waals surface area contributed by atoms with E-state index >= 15 is 0 Å². The number of carbonyl (C=O) groups excluding carboxylic acids is 1. The van der Waals surface area contributed by atoms with Gasteiger partial charge in [-0.15, -0.1) is 0 Å². The molecule has 1 rings (SSSR count). The highest BCUT2D eigenvalue weighted by atomic mass is 79.9. The molecule has 1 amide bonds. The van der Waals surface area contributed by atoms with E-state index in [9.17, 15) is 4.79 Å². The Morgan fingerprint density at radius 1 is 1.71 bits per heavy atom. The number of halogens is 2. The van der Waals surface area contributed by atoms with Gasteiger partial charge in [0.1, 0.15) is 0 Å². The SMILES string of the molecule is COCC(Br)CCNC(=O)c1ccncc1Cl. The van der Waals surface area contributed by atoms with E-state index in [4.69, 9.17) is 16.3 Å². The Bertz CT molecular complexity index is 376. The highest BCUT2D eigenvalue weighted by molar-refractivity contribution is 9.09. The molecule has 1 N–H and O–H groups in total. The Kier molecular flexibility index (Phi) is 6.47. The van der Waals surface area contributed by atoms with E-state index in [-0.39, 0.29) is 10.7 Å². The summed E-state index contributed by atoms with van der Waals surface area (Å²) in [7, 11) is 1.64. The minimum Gasteiger partial charge on any atom is -0.384 e.